The van der Waals surface area contributed by atoms with Crippen molar-refractivity contribution in [3.05, 3.63) is 36.8 Å². The minimum absolute atomic E-state index is 0.420. The van der Waals surface area contributed by atoms with Crippen LogP contribution in [-0.2, 0) is 11.2 Å². The number of benzene rings is 1. The summed E-state index contributed by atoms with van der Waals surface area (Å²) >= 11 is -1.06. The van der Waals surface area contributed by atoms with Gasteiger partial charge in [-0.25, -0.2) is 9.97 Å². The van der Waals surface area contributed by atoms with Crippen molar-refractivity contribution in [2.45, 2.75) is 4.90 Å². The molecular weight excluding hydrogens is 288 g/mol. The van der Waals surface area contributed by atoms with E-state index in [-0.39, 0.29) is 0 Å². The third-order valence-corrected chi connectivity index (χ3v) is 4.07. The molecule has 1 unspecified atom stereocenters. The second-order valence-corrected chi connectivity index (χ2v) is 5.90. The average Bonchev–Trinajstić information content (AvgIpc) is 2.89. The third-order valence-electron chi connectivity index (χ3n) is 3.15. The lowest BCUT2D eigenvalue weighted by molar-refractivity contribution is 0.415. The Morgan fingerprint density at radius 3 is 2.86 bits per heavy atom. The molecule has 1 atom stereocenters. The molecule has 0 aliphatic carbocycles. The highest BCUT2D eigenvalue weighted by atomic mass is 32.2. The highest BCUT2D eigenvalue weighted by Gasteiger charge is 2.14. The number of hydrogen-bond donors (Lipinski definition) is 1. The second-order valence-electron chi connectivity index (χ2n) is 4.52. The van der Waals surface area contributed by atoms with Gasteiger partial charge in [-0.2, -0.15) is 0 Å². The van der Waals surface area contributed by atoms with Gasteiger partial charge < -0.3 is 15.0 Å². The van der Waals surface area contributed by atoms with Gasteiger partial charge in [0.05, 0.1) is 12.8 Å². The summed E-state index contributed by atoms with van der Waals surface area (Å²) in [6.07, 6.45) is 5.10. The first-order valence-electron chi connectivity index (χ1n) is 6.20. The Morgan fingerprint density at radius 1 is 1.33 bits per heavy atom. The van der Waals surface area contributed by atoms with Crippen LogP contribution in [-0.4, -0.2) is 32.3 Å². The number of nitrogens with two attached hydrogens (primary N) is 1. The van der Waals surface area contributed by atoms with E-state index >= 15 is 0 Å². The zero-order chi connectivity index (χ0) is 15.0. The molecular formula is C14H14N4O2S. The lowest BCUT2D eigenvalue weighted by Gasteiger charge is -2.09. The molecule has 0 saturated heterocycles. The van der Waals surface area contributed by atoms with Gasteiger partial charge in [-0.05, 0) is 23.3 Å². The van der Waals surface area contributed by atoms with E-state index in [1.165, 1.54) is 0 Å². The summed E-state index contributed by atoms with van der Waals surface area (Å²) in [6, 6.07) is 7.13. The van der Waals surface area contributed by atoms with E-state index in [2.05, 4.69) is 9.97 Å². The largest absolute Gasteiger partial charge is 0.612 e. The van der Waals surface area contributed by atoms with Gasteiger partial charge in [-0.3, -0.25) is 4.40 Å². The number of fused-ring (bicyclic) bond motifs is 1. The fourth-order valence-corrected chi connectivity index (χ4v) is 2.63. The average molecular weight is 302 g/mol. The van der Waals surface area contributed by atoms with Crippen LogP contribution in [0, 0.1) is 0 Å². The Kier molecular flexibility index (Phi) is 3.44. The molecule has 0 bridgehead atoms. The number of methoxy groups -OCH3 is 1. The molecule has 6 nitrogen and oxygen atoms in total. The summed E-state index contributed by atoms with van der Waals surface area (Å²) in [5.41, 5.74) is 7.94. The molecule has 2 N–H and O–H groups in total. The fraction of sp³-hybridized carbons (Fsp3) is 0.143. The summed E-state index contributed by atoms with van der Waals surface area (Å²) < 4.78 is 18.7. The monoisotopic (exact) mass is 302 g/mol. The third kappa shape index (κ3) is 2.53. The van der Waals surface area contributed by atoms with Crippen LogP contribution in [0.5, 0.6) is 5.75 Å². The van der Waals surface area contributed by atoms with Crippen LogP contribution in [0.2, 0.25) is 0 Å². The number of rotatable bonds is 3. The van der Waals surface area contributed by atoms with Crippen molar-refractivity contribution < 1.29 is 9.29 Å². The normalized spacial score (nSPS) is 12.5. The summed E-state index contributed by atoms with van der Waals surface area (Å²) in [5, 5.41) is 0. The minimum Gasteiger partial charge on any atom is -0.612 e. The van der Waals surface area contributed by atoms with Gasteiger partial charge in [0.15, 0.2) is 4.90 Å². The highest BCUT2D eigenvalue weighted by molar-refractivity contribution is 7.90. The molecule has 0 amide bonds. The van der Waals surface area contributed by atoms with Crippen molar-refractivity contribution in [1.82, 2.24) is 14.4 Å². The molecule has 3 aromatic rings. The van der Waals surface area contributed by atoms with Crippen LogP contribution < -0.4 is 10.5 Å². The Morgan fingerprint density at radius 2 is 2.14 bits per heavy atom. The number of imidazole rings is 1. The first kappa shape index (κ1) is 13.7. The zero-order valence-corrected chi connectivity index (χ0v) is 12.4. The number of aromatic nitrogens is 3. The Bertz CT molecular complexity index is 801. The molecule has 7 heteroatoms. The van der Waals surface area contributed by atoms with E-state index < -0.39 is 11.2 Å². The van der Waals surface area contributed by atoms with Crippen molar-refractivity contribution in [2.75, 3.05) is 19.1 Å². The van der Waals surface area contributed by atoms with Crippen LogP contribution in [0.25, 0.3) is 16.9 Å². The molecule has 2 aromatic heterocycles. The minimum atomic E-state index is -1.06. The van der Waals surface area contributed by atoms with E-state index in [1.807, 2.05) is 18.3 Å². The summed E-state index contributed by atoms with van der Waals surface area (Å²) in [4.78, 5) is 9.25. The Balaban J connectivity index is 2.13. The fourth-order valence-electron chi connectivity index (χ4n) is 2.10. The molecule has 0 aliphatic rings. The van der Waals surface area contributed by atoms with Crippen LogP contribution >= 0.6 is 0 Å². The van der Waals surface area contributed by atoms with Crippen LogP contribution in [0.15, 0.2) is 41.7 Å². The lowest BCUT2D eigenvalue weighted by Crippen LogP contribution is -1.98. The quantitative estimate of drug-likeness (QED) is 0.744. The second kappa shape index (κ2) is 5.27. The van der Waals surface area contributed by atoms with Crippen LogP contribution in [0.3, 0.4) is 0 Å². The number of nitrogens with zero attached hydrogens (tertiary/aromatic N) is 3. The maximum atomic E-state index is 11.6. The van der Waals surface area contributed by atoms with Crippen LogP contribution in [0.4, 0.5) is 5.82 Å². The SMILES string of the molecule is COc1cc([S+](C)[O-])ccc1-c1cn2cnc(N)cc2n1. The standard InChI is InChI=1S/C14H14N4O2S/c1-20-12-5-9(21(2)19)3-4-10(12)11-7-18-8-16-13(15)6-14(18)17-11/h3-8H,15H2,1-2H3. The van der Waals surface area contributed by atoms with Crippen molar-refractivity contribution in [3.63, 3.8) is 0 Å². The Hall–Kier alpha value is -2.25. The van der Waals surface area contributed by atoms with E-state index in [0.717, 1.165) is 11.3 Å². The number of ether oxygens (including phenoxy) is 1. The summed E-state index contributed by atoms with van der Waals surface area (Å²) in [7, 11) is 1.58. The maximum absolute atomic E-state index is 11.6. The lowest BCUT2D eigenvalue weighted by atomic mass is 10.1. The smallest absolute Gasteiger partial charge is 0.156 e. The van der Waals surface area contributed by atoms with E-state index in [0.29, 0.717) is 22.1 Å². The molecule has 3 rings (SSSR count). The van der Waals surface area contributed by atoms with E-state index in [9.17, 15) is 4.55 Å². The van der Waals surface area contributed by atoms with Gasteiger partial charge in [0.2, 0.25) is 0 Å². The topological polar surface area (TPSA) is 88.5 Å². The number of hydrogen-bond acceptors (Lipinski definition) is 5. The molecule has 0 radical (unpaired) electrons. The Labute approximate surface area is 124 Å². The molecule has 0 saturated carbocycles. The van der Waals surface area contributed by atoms with Gasteiger partial charge in [0.25, 0.3) is 0 Å². The molecule has 0 spiro atoms. The predicted molar refractivity (Wildman–Crippen MR) is 81.7 cm³/mol. The van der Waals surface area contributed by atoms with Gasteiger partial charge in [-0.1, -0.05) is 0 Å². The molecule has 2 heterocycles. The molecule has 108 valence electrons. The van der Waals surface area contributed by atoms with Crippen molar-refractivity contribution >= 4 is 22.6 Å². The molecule has 1 aromatic carbocycles. The number of nitrogen functional groups attached to an aromatic ring is 1. The van der Waals surface area contributed by atoms with Crippen molar-refractivity contribution in [3.8, 4) is 17.0 Å². The molecule has 21 heavy (non-hydrogen) atoms. The maximum Gasteiger partial charge on any atom is 0.156 e. The predicted octanol–water partition coefficient (Wildman–Crippen LogP) is 1.72. The summed E-state index contributed by atoms with van der Waals surface area (Å²) in [5.74, 6) is 1.05. The number of anilines is 1. The van der Waals surface area contributed by atoms with E-state index in [4.69, 9.17) is 10.5 Å². The first-order valence-corrected chi connectivity index (χ1v) is 7.76. The first-order chi connectivity index (χ1) is 10.1. The highest BCUT2D eigenvalue weighted by Crippen LogP contribution is 2.31. The molecule has 0 fully saturated rings. The summed E-state index contributed by atoms with van der Waals surface area (Å²) in [6.45, 7) is 0. The van der Waals surface area contributed by atoms with Crippen LogP contribution in [0.1, 0.15) is 0 Å². The van der Waals surface area contributed by atoms with Gasteiger partial charge in [0.1, 0.15) is 29.8 Å². The van der Waals surface area contributed by atoms with Gasteiger partial charge in [0, 0.05) is 23.9 Å². The molecule has 0 aliphatic heterocycles. The van der Waals surface area contributed by atoms with E-state index in [1.54, 1.807) is 36.2 Å². The van der Waals surface area contributed by atoms with Crippen molar-refractivity contribution in [1.29, 1.82) is 0 Å². The van der Waals surface area contributed by atoms with Crippen molar-refractivity contribution in [2.24, 2.45) is 0 Å². The zero-order valence-electron chi connectivity index (χ0n) is 11.6. The van der Waals surface area contributed by atoms with Gasteiger partial charge >= 0.3 is 0 Å². The van der Waals surface area contributed by atoms with Gasteiger partial charge in [-0.15, -0.1) is 0 Å².